The second kappa shape index (κ2) is 4.88. The summed E-state index contributed by atoms with van der Waals surface area (Å²) in [6.45, 7) is 0. The first kappa shape index (κ1) is 19.0. The van der Waals surface area contributed by atoms with Crippen LogP contribution in [0.3, 0.4) is 0 Å². The molecular weight excluding hydrogens is 470 g/mol. The fourth-order valence-corrected chi connectivity index (χ4v) is 6.99. The SMILES string of the molecule is [F][Fe]([F])([F])([F])([c]1ccccc1)([c]1ccccc1)[c]1ccccc1.[SbH3]. The van der Waals surface area contributed by atoms with Gasteiger partial charge in [0.05, 0.1) is 0 Å². The van der Waals surface area contributed by atoms with Crippen LogP contribution in [0.1, 0.15) is 0 Å². The van der Waals surface area contributed by atoms with E-state index in [-0.39, 0.29) is 24.4 Å². The molecule has 0 saturated carbocycles. The van der Waals surface area contributed by atoms with Crippen LogP contribution in [0.4, 0.5) is 14.2 Å². The Labute approximate surface area is 154 Å². The van der Waals surface area contributed by atoms with Gasteiger partial charge in [-0.1, -0.05) is 0 Å². The minimum absolute atomic E-state index is 0. The van der Waals surface area contributed by atoms with Gasteiger partial charge in [0.1, 0.15) is 0 Å². The molecule has 0 aromatic heterocycles. The minimum atomic E-state index is -9.90. The van der Waals surface area contributed by atoms with Gasteiger partial charge in [0.25, 0.3) is 0 Å². The Kier molecular flexibility index (Phi) is 3.87. The first-order valence-electron chi connectivity index (χ1n) is 6.80. The summed E-state index contributed by atoms with van der Waals surface area (Å²) in [4.78, 5) is 0. The predicted molar refractivity (Wildman–Crippen MR) is 92.6 cm³/mol. The van der Waals surface area contributed by atoms with Gasteiger partial charge in [-0.25, -0.2) is 0 Å². The summed E-state index contributed by atoms with van der Waals surface area (Å²) in [5.74, 6) is 0. The molecule has 6 heteroatoms. The van der Waals surface area contributed by atoms with E-state index in [0.717, 1.165) is 36.4 Å². The van der Waals surface area contributed by atoms with Gasteiger partial charge >= 0.3 is 155 Å². The Bertz CT molecular complexity index is 758. The molecule has 24 heavy (non-hydrogen) atoms. The summed E-state index contributed by atoms with van der Waals surface area (Å²) >= 11 is -9.90. The third-order valence-electron chi connectivity index (χ3n) is 3.71. The molecule has 0 radical (unpaired) electrons. The third kappa shape index (κ3) is 2.34. The summed E-state index contributed by atoms with van der Waals surface area (Å²) in [6.07, 6.45) is 0. The van der Waals surface area contributed by atoms with Gasteiger partial charge in [0.15, 0.2) is 0 Å². The van der Waals surface area contributed by atoms with Crippen LogP contribution in [-0.4, -0.2) is 24.4 Å². The molecule has 0 unspecified atom stereocenters. The average molecular weight is 488 g/mol. The van der Waals surface area contributed by atoms with Crippen molar-refractivity contribution in [3.05, 3.63) is 91.0 Å². The molecule has 0 atom stereocenters. The second-order valence-corrected chi connectivity index (χ2v) is 11.4. The van der Waals surface area contributed by atoms with E-state index in [2.05, 4.69) is 0 Å². The van der Waals surface area contributed by atoms with Crippen molar-refractivity contribution >= 4 is 37.8 Å². The zero-order chi connectivity index (χ0) is 16.7. The van der Waals surface area contributed by atoms with E-state index in [1.807, 2.05) is 0 Å². The maximum atomic E-state index is 16.2. The third-order valence-corrected chi connectivity index (χ3v) is 9.62. The van der Waals surface area contributed by atoms with Gasteiger partial charge in [-0.3, -0.25) is 0 Å². The quantitative estimate of drug-likeness (QED) is 0.393. The molecule has 131 valence electrons. The summed E-state index contributed by atoms with van der Waals surface area (Å²) < 4.78 is 61.0. The molecule has 0 heterocycles. The molecule has 0 bridgehead atoms. The van der Waals surface area contributed by atoms with Crippen molar-refractivity contribution in [1.29, 1.82) is 0 Å². The van der Waals surface area contributed by atoms with E-state index < -0.39 is 24.9 Å². The van der Waals surface area contributed by atoms with Crippen LogP contribution in [0.2, 0.25) is 0 Å². The average Bonchev–Trinajstić information content (AvgIpc) is 2.57. The van der Waals surface area contributed by atoms with Crippen LogP contribution in [-0.2, 0) is 11.5 Å². The Balaban J connectivity index is 0.00000208. The monoisotopic (exact) mass is 487 g/mol. The molecule has 3 aromatic rings. The Morgan fingerprint density at radius 3 is 0.833 bits per heavy atom. The zero-order valence-corrected chi connectivity index (χ0v) is 17.9. The Hall–Kier alpha value is -1.28. The van der Waals surface area contributed by atoms with Crippen molar-refractivity contribution < 1.29 is 25.7 Å². The van der Waals surface area contributed by atoms with E-state index in [1.54, 1.807) is 0 Å². The van der Waals surface area contributed by atoms with Gasteiger partial charge in [-0.05, 0) is 0 Å². The van der Waals surface area contributed by atoms with Crippen molar-refractivity contribution in [3.63, 3.8) is 0 Å². The number of hydrogen-bond donors (Lipinski definition) is 0. The number of hydrogen-bond acceptors (Lipinski definition) is 0. The standard InChI is InChI=1S/3C6H5.4FH.Fe.Sb.3H/c3*1-2-4-6-5-3-1;;;;;;;;;/h3*1-5H;4*1H;;;;;/q;;;;;;;+4;;;;/p-4. The van der Waals surface area contributed by atoms with Crippen molar-refractivity contribution in [1.82, 2.24) is 0 Å². The maximum absolute atomic E-state index is 16.2. The van der Waals surface area contributed by atoms with Gasteiger partial charge in [-0.2, -0.15) is 0 Å². The Morgan fingerprint density at radius 2 is 0.625 bits per heavy atom. The normalized spacial score (nSPS) is 15.9. The van der Waals surface area contributed by atoms with E-state index >= 15 is 14.2 Å². The Morgan fingerprint density at radius 1 is 0.417 bits per heavy atom. The number of halogens is 4. The van der Waals surface area contributed by atoms with E-state index in [1.165, 1.54) is 54.6 Å². The molecule has 0 aliphatic heterocycles. The summed E-state index contributed by atoms with van der Waals surface area (Å²) in [5.41, 5.74) is 0. The van der Waals surface area contributed by atoms with Crippen molar-refractivity contribution in [2.24, 2.45) is 0 Å². The van der Waals surface area contributed by atoms with Gasteiger partial charge < -0.3 is 0 Å². The van der Waals surface area contributed by atoms with Gasteiger partial charge in [-0.15, -0.1) is 0 Å². The molecule has 3 aromatic carbocycles. The molecule has 0 nitrogen and oxygen atoms in total. The van der Waals surface area contributed by atoms with Crippen molar-refractivity contribution in [2.45, 2.75) is 0 Å². The number of rotatable bonds is 3. The summed E-state index contributed by atoms with van der Waals surface area (Å²) in [5, 5.41) is 0. The summed E-state index contributed by atoms with van der Waals surface area (Å²) in [6, 6.07) is 16.3. The van der Waals surface area contributed by atoms with Crippen LogP contribution in [0.15, 0.2) is 91.0 Å². The predicted octanol–water partition coefficient (Wildman–Crippen LogP) is 3.08. The molecule has 3 rings (SSSR count). The van der Waals surface area contributed by atoms with Crippen LogP contribution >= 0.6 is 0 Å². The fraction of sp³-hybridized carbons (Fsp3) is 0. The molecular formula is C18H18F4FeSb. The van der Waals surface area contributed by atoms with Crippen LogP contribution in [0.5, 0.6) is 0 Å². The first-order valence-corrected chi connectivity index (χ1v) is 10.1. The molecule has 0 aliphatic rings. The molecule has 0 fully saturated rings. The van der Waals surface area contributed by atoms with E-state index in [0.29, 0.717) is 0 Å². The van der Waals surface area contributed by atoms with Crippen molar-refractivity contribution in [2.75, 3.05) is 0 Å². The van der Waals surface area contributed by atoms with E-state index in [9.17, 15) is 0 Å². The van der Waals surface area contributed by atoms with Gasteiger partial charge in [0, 0.05) is 0 Å². The molecule has 0 saturated heterocycles. The topological polar surface area (TPSA) is 0 Å². The molecule has 0 spiro atoms. The van der Waals surface area contributed by atoms with Crippen molar-refractivity contribution in [3.8, 4) is 0 Å². The first-order chi connectivity index (χ1) is 10.6. The molecule has 0 aliphatic carbocycles. The van der Waals surface area contributed by atoms with Gasteiger partial charge in [0.2, 0.25) is 0 Å². The van der Waals surface area contributed by atoms with Crippen LogP contribution in [0, 0.1) is 0 Å². The fourth-order valence-electron chi connectivity index (χ4n) is 2.47. The second-order valence-electron chi connectivity index (χ2n) is 5.21. The molecule has 0 N–H and O–H groups in total. The zero-order valence-electron chi connectivity index (χ0n) is 12.7. The summed E-state index contributed by atoms with van der Waals surface area (Å²) in [7, 11) is 0. The number of benzene rings is 3. The van der Waals surface area contributed by atoms with E-state index in [4.69, 9.17) is 0 Å². The molecule has 0 amide bonds. The van der Waals surface area contributed by atoms with Crippen LogP contribution < -0.4 is 13.4 Å². The van der Waals surface area contributed by atoms with Crippen LogP contribution in [0.25, 0.3) is 0 Å².